The molecule has 20 heavy (non-hydrogen) atoms. The number of rotatable bonds is 3. The van der Waals surface area contributed by atoms with Gasteiger partial charge in [-0.25, -0.2) is 0 Å². The first-order chi connectivity index (χ1) is 9.66. The van der Waals surface area contributed by atoms with E-state index in [0.717, 1.165) is 37.0 Å². The molecule has 2 heterocycles. The number of fused-ring (bicyclic) bond motifs is 1. The largest absolute Gasteiger partial charge is 0.343 e. The Morgan fingerprint density at radius 3 is 2.85 bits per heavy atom. The first kappa shape index (κ1) is 13.4. The molecule has 1 amide bonds. The number of nitrogens with one attached hydrogen (secondary N) is 1. The topological polar surface area (TPSA) is 41.0 Å². The number of hydrogen-bond donors (Lipinski definition) is 1. The molecule has 5 heteroatoms. The zero-order valence-corrected chi connectivity index (χ0v) is 12.5. The Morgan fingerprint density at radius 1 is 1.35 bits per heavy atom. The average molecular weight is 289 g/mol. The molecular formula is C15H19N3OS. The summed E-state index contributed by atoms with van der Waals surface area (Å²) in [6.07, 6.45) is 2.80. The number of aryl methyl sites for hydroxylation is 2. The van der Waals surface area contributed by atoms with Crippen molar-refractivity contribution in [1.29, 1.82) is 0 Å². The Morgan fingerprint density at radius 2 is 2.10 bits per heavy atom. The summed E-state index contributed by atoms with van der Waals surface area (Å²) in [6.45, 7) is 4.55. The number of likely N-dealkylation sites (tertiary alicyclic amines) is 1. The van der Waals surface area contributed by atoms with E-state index in [1.807, 2.05) is 21.6 Å². The summed E-state index contributed by atoms with van der Waals surface area (Å²) in [5.74, 6) is 0.243. The predicted molar refractivity (Wildman–Crippen MR) is 82.3 cm³/mol. The van der Waals surface area contributed by atoms with E-state index in [9.17, 15) is 4.79 Å². The molecule has 4 nitrogen and oxygen atoms in total. The number of aromatic nitrogens is 2. The molecule has 0 unspecified atom stereocenters. The zero-order valence-electron chi connectivity index (χ0n) is 11.7. The normalized spacial score (nSPS) is 15.2. The van der Waals surface area contributed by atoms with Crippen molar-refractivity contribution in [1.82, 2.24) is 14.5 Å². The van der Waals surface area contributed by atoms with E-state index in [0.29, 0.717) is 17.7 Å². The molecule has 0 spiro atoms. The third-order valence-corrected chi connectivity index (χ3v) is 4.32. The molecule has 1 aliphatic heterocycles. The highest BCUT2D eigenvalue weighted by Gasteiger charge is 2.18. The van der Waals surface area contributed by atoms with Crippen LogP contribution in [0.4, 0.5) is 0 Å². The number of hydrogen-bond acceptors (Lipinski definition) is 2. The minimum atomic E-state index is 0.243. The molecule has 1 aromatic carbocycles. The van der Waals surface area contributed by atoms with Crippen molar-refractivity contribution >= 4 is 29.2 Å². The fraction of sp³-hybridized carbons (Fsp3) is 0.467. The van der Waals surface area contributed by atoms with Crippen LogP contribution < -0.4 is 0 Å². The molecule has 0 aliphatic carbocycles. The van der Waals surface area contributed by atoms with Gasteiger partial charge in [0.15, 0.2) is 4.77 Å². The van der Waals surface area contributed by atoms with Crippen molar-refractivity contribution in [3.63, 3.8) is 0 Å². The molecule has 1 saturated heterocycles. The van der Waals surface area contributed by atoms with E-state index in [1.54, 1.807) is 0 Å². The van der Waals surface area contributed by atoms with Gasteiger partial charge in [-0.1, -0.05) is 12.1 Å². The number of para-hydroxylation sites is 1. The van der Waals surface area contributed by atoms with Crippen molar-refractivity contribution in [2.24, 2.45) is 0 Å². The molecule has 1 aromatic heterocycles. The highest BCUT2D eigenvalue weighted by atomic mass is 32.1. The summed E-state index contributed by atoms with van der Waals surface area (Å²) in [7, 11) is 0. The molecule has 106 valence electrons. The smallest absolute Gasteiger partial charge is 0.224 e. The lowest BCUT2D eigenvalue weighted by molar-refractivity contribution is -0.130. The lowest BCUT2D eigenvalue weighted by Crippen LogP contribution is -2.28. The van der Waals surface area contributed by atoms with Crippen molar-refractivity contribution in [2.75, 3.05) is 13.1 Å². The van der Waals surface area contributed by atoms with E-state index >= 15 is 0 Å². The van der Waals surface area contributed by atoms with Crippen molar-refractivity contribution in [3.05, 3.63) is 28.5 Å². The van der Waals surface area contributed by atoms with Crippen molar-refractivity contribution < 1.29 is 4.79 Å². The Balaban J connectivity index is 1.82. The number of benzene rings is 1. The highest BCUT2D eigenvalue weighted by molar-refractivity contribution is 7.71. The maximum absolute atomic E-state index is 12.1. The standard InChI is InChI=1S/C15H19N3OS/c1-11-5-4-6-12-14(11)18(15(20)16-12)10-7-13(19)17-8-2-3-9-17/h4-6H,2-3,7-10H2,1H3,(H,16,20). The minimum Gasteiger partial charge on any atom is -0.343 e. The SMILES string of the molecule is Cc1cccc2[nH]c(=S)n(CCC(=O)N3CCCC3)c12. The van der Waals surface area contributed by atoms with Crippen LogP contribution in [0.1, 0.15) is 24.8 Å². The van der Waals surface area contributed by atoms with E-state index in [1.165, 1.54) is 5.56 Å². The number of nitrogens with zero attached hydrogens (tertiary/aromatic N) is 2. The van der Waals surface area contributed by atoms with Gasteiger partial charge in [0, 0.05) is 26.1 Å². The average Bonchev–Trinajstić information content (AvgIpc) is 3.04. The second-order valence-corrected chi connectivity index (χ2v) is 5.78. The van der Waals surface area contributed by atoms with Gasteiger partial charge in [0.1, 0.15) is 0 Å². The zero-order chi connectivity index (χ0) is 14.1. The summed E-state index contributed by atoms with van der Waals surface area (Å²) in [5.41, 5.74) is 3.35. The van der Waals surface area contributed by atoms with Gasteiger partial charge in [-0.2, -0.15) is 0 Å². The summed E-state index contributed by atoms with van der Waals surface area (Å²) < 4.78 is 2.75. The van der Waals surface area contributed by atoms with Gasteiger partial charge in [-0.3, -0.25) is 4.79 Å². The predicted octanol–water partition coefficient (Wildman–Crippen LogP) is 3.02. The fourth-order valence-corrected chi connectivity index (χ4v) is 3.24. The van der Waals surface area contributed by atoms with Crippen LogP contribution in [-0.2, 0) is 11.3 Å². The van der Waals surface area contributed by atoms with Crippen LogP contribution in [0.2, 0.25) is 0 Å². The third kappa shape index (κ3) is 2.38. The quantitative estimate of drug-likeness (QED) is 0.882. The van der Waals surface area contributed by atoms with Gasteiger partial charge < -0.3 is 14.5 Å². The molecule has 3 rings (SSSR count). The molecule has 2 aromatic rings. The van der Waals surface area contributed by atoms with Gasteiger partial charge in [0.25, 0.3) is 0 Å². The summed E-state index contributed by atoms with van der Waals surface area (Å²) >= 11 is 5.38. The second-order valence-electron chi connectivity index (χ2n) is 5.39. The summed E-state index contributed by atoms with van der Waals surface area (Å²) in [4.78, 5) is 17.3. The van der Waals surface area contributed by atoms with E-state index < -0.39 is 0 Å². The molecular weight excluding hydrogens is 270 g/mol. The maximum atomic E-state index is 12.1. The number of aromatic amines is 1. The van der Waals surface area contributed by atoms with Crippen LogP contribution in [0, 0.1) is 11.7 Å². The molecule has 0 atom stereocenters. The third-order valence-electron chi connectivity index (χ3n) is 4.00. The first-order valence-corrected chi connectivity index (χ1v) is 7.53. The van der Waals surface area contributed by atoms with Gasteiger partial charge >= 0.3 is 0 Å². The molecule has 0 radical (unpaired) electrons. The Labute approximate surface area is 123 Å². The van der Waals surface area contributed by atoms with Gasteiger partial charge in [0.2, 0.25) is 5.91 Å². The fourth-order valence-electron chi connectivity index (χ4n) is 2.95. The van der Waals surface area contributed by atoms with Crippen molar-refractivity contribution in [3.8, 4) is 0 Å². The second kappa shape index (κ2) is 5.40. The maximum Gasteiger partial charge on any atom is 0.224 e. The molecule has 0 bridgehead atoms. The van der Waals surface area contributed by atoms with E-state index in [2.05, 4.69) is 18.0 Å². The number of H-pyrrole nitrogens is 1. The lowest BCUT2D eigenvalue weighted by Gasteiger charge is -2.15. The highest BCUT2D eigenvalue weighted by Crippen LogP contribution is 2.19. The number of imidazole rings is 1. The number of carbonyl (C=O) groups is 1. The van der Waals surface area contributed by atoms with Crippen LogP contribution in [0.5, 0.6) is 0 Å². The van der Waals surface area contributed by atoms with Gasteiger partial charge in [0.05, 0.1) is 11.0 Å². The monoisotopic (exact) mass is 289 g/mol. The van der Waals surface area contributed by atoms with Crippen LogP contribution in [0.25, 0.3) is 11.0 Å². The van der Waals surface area contributed by atoms with E-state index in [4.69, 9.17) is 12.2 Å². The molecule has 1 aliphatic rings. The summed E-state index contributed by atoms with van der Waals surface area (Å²) in [5, 5.41) is 0. The van der Waals surface area contributed by atoms with Crippen LogP contribution in [-0.4, -0.2) is 33.4 Å². The van der Waals surface area contributed by atoms with E-state index in [-0.39, 0.29) is 5.91 Å². The van der Waals surface area contributed by atoms with Gasteiger partial charge in [-0.05, 0) is 43.6 Å². The van der Waals surface area contributed by atoms with Gasteiger partial charge in [-0.15, -0.1) is 0 Å². The van der Waals surface area contributed by atoms with Crippen LogP contribution in [0.3, 0.4) is 0 Å². The number of carbonyl (C=O) groups excluding carboxylic acids is 1. The molecule has 1 fully saturated rings. The van der Waals surface area contributed by atoms with Crippen LogP contribution in [0.15, 0.2) is 18.2 Å². The van der Waals surface area contributed by atoms with Crippen molar-refractivity contribution in [2.45, 2.75) is 32.7 Å². The molecule has 0 saturated carbocycles. The summed E-state index contributed by atoms with van der Waals surface area (Å²) in [6, 6.07) is 6.11. The first-order valence-electron chi connectivity index (χ1n) is 7.13. The lowest BCUT2D eigenvalue weighted by atomic mass is 10.2. The Bertz CT molecular complexity index is 695. The van der Waals surface area contributed by atoms with Crippen LogP contribution >= 0.6 is 12.2 Å². The Kier molecular flexibility index (Phi) is 3.61. The Hall–Kier alpha value is -1.62. The molecule has 1 N–H and O–H groups in total. The number of amides is 1. The minimum absolute atomic E-state index is 0.243.